The van der Waals surface area contributed by atoms with Crippen molar-refractivity contribution in [2.75, 3.05) is 20.1 Å². The van der Waals surface area contributed by atoms with Crippen molar-refractivity contribution in [3.05, 3.63) is 0 Å². The number of likely N-dealkylation sites (N-methyl/N-ethyl adjacent to an activating group) is 1. The maximum Gasteiger partial charge on any atom is 0.200 e. The summed E-state index contributed by atoms with van der Waals surface area (Å²) in [7, 11) is 2.13. The van der Waals surface area contributed by atoms with E-state index < -0.39 is 0 Å². The first kappa shape index (κ1) is 24.6. The second kappa shape index (κ2) is 15.5. The van der Waals surface area contributed by atoms with Crippen LogP contribution in [0.2, 0.25) is 0 Å². The molecule has 160 valence electrons. The zero-order valence-corrected chi connectivity index (χ0v) is 18.9. The average molecular weight is 382 g/mol. The summed E-state index contributed by atoms with van der Waals surface area (Å²) in [5.41, 5.74) is 0. The molecule has 0 fully saturated rings. The predicted molar refractivity (Wildman–Crippen MR) is 119 cm³/mol. The van der Waals surface area contributed by atoms with Crippen LogP contribution in [0.4, 0.5) is 0 Å². The fraction of sp³-hybridized carbons (Fsp3) is 0.958. The number of aliphatic hydroxyl groups is 1. The largest absolute Gasteiger partial charge is 0.345 e. The van der Waals surface area contributed by atoms with E-state index in [0.717, 1.165) is 19.5 Å². The van der Waals surface area contributed by atoms with Gasteiger partial charge in [0.05, 0.1) is 13.6 Å². The van der Waals surface area contributed by atoms with Crippen LogP contribution in [-0.4, -0.2) is 41.8 Å². The highest BCUT2D eigenvalue weighted by Gasteiger charge is 2.37. The maximum absolute atomic E-state index is 10.0. The maximum atomic E-state index is 10.0. The standard InChI is InChI=1S/C24H49N2O/c1-4-5-6-7-8-9-10-11-12-13-14-15-16-17-18-19-20-24-25-21-22-26(24,3)23(2)27/h23,27H,4-22H2,1-3H3/q+1. The van der Waals surface area contributed by atoms with Crippen LogP contribution < -0.4 is 0 Å². The monoisotopic (exact) mass is 381 g/mol. The van der Waals surface area contributed by atoms with Crippen LogP contribution in [-0.2, 0) is 0 Å². The van der Waals surface area contributed by atoms with Crippen LogP contribution in [0.15, 0.2) is 4.99 Å². The molecule has 0 aromatic heterocycles. The van der Waals surface area contributed by atoms with Gasteiger partial charge in [-0.05, 0) is 6.42 Å². The molecule has 0 aromatic rings. The Morgan fingerprint density at radius 3 is 1.59 bits per heavy atom. The Kier molecular flexibility index (Phi) is 14.1. The highest BCUT2D eigenvalue weighted by atomic mass is 16.3. The van der Waals surface area contributed by atoms with E-state index in [0.29, 0.717) is 4.48 Å². The van der Waals surface area contributed by atoms with Crippen molar-refractivity contribution in [3.8, 4) is 0 Å². The lowest BCUT2D eigenvalue weighted by Crippen LogP contribution is -2.53. The molecule has 2 unspecified atom stereocenters. The molecule has 0 radical (unpaired) electrons. The van der Waals surface area contributed by atoms with Crippen LogP contribution in [0.5, 0.6) is 0 Å². The number of nitrogens with zero attached hydrogens (tertiary/aromatic N) is 2. The third-order valence-electron chi connectivity index (χ3n) is 6.53. The number of aliphatic hydroxyl groups excluding tert-OH is 1. The number of aliphatic imine (C=N–C) groups is 1. The molecule has 2 atom stereocenters. The van der Waals surface area contributed by atoms with E-state index in [1.165, 1.54) is 109 Å². The topological polar surface area (TPSA) is 32.6 Å². The fourth-order valence-corrected chi connectivity index (χ4v) is 4.25. The summed E-state index contributed by atoms with van der Waals surface area (Å²) in [5.74, 6) is 1.22. The molecule has 0 amide bonds. The highest BCUT2D eigenvalue weighted by molar-refractivity contribution is 5.76. The number of amidine groups is 1. The van der Waals surface area contributed by atoms with E-state index >= 15 is 0 Å². The minimum absolute atomic E-state index is 0.327. The smallest absolute Gasteiger partial charge is 0.200 e. The number of hydrogen-bond donors (Lipinski definition) is 1. The summed E-state index contributed by atoms with van der Waals surface area (Å²) in [4.78, 5) is 4.65. The van der Waals surface area contributed by atoms with Gasteiger partial charge in [-0.25, -0.2) is 4.99 Å². The van der Waals surface area contributed by atoms with Crippen LogP contribution in [0.25, 0.3) is 0 Å². The molecule has 0 saturated heterocycles. The molecule has 0 aliphatic carbocycles. The lowest BCUT2D eigenvalue weighted by atomic mass is 10.0. The van der Waals surface area contributed by atoms with Gasteiger partial charge in [-0.3, -0.25) is 4.48 Å². The molecule has 27 heavy (non-hydrogen) atoms. The summed E-state index contributed by atoms with van der Waals surface area (Å²) in [6.07, 6.45) is 23.3. The van der Waals surface area contributed by atoms with Crippen molar-refractivity contribution in [2.24, 2.45) is 4.99 Å². The number of hydrogen-bond acceptors (Lipinski definition) is 2. The lowest BCUT2D eigenvalue weighted by molar-refractivity contribution is -0.865. The van der Waals surface area contributed by atoms with Gasteiger partial charge >= 0.3 is 0 Å². The van der Waals surface area contributed by atoms with Gasteiger partial charge in [0.2, 0.25) is 0 Å². The summed E-state index contributed by atoms with van der Waals surface area (Å²) >= 11 is 0. The summed E-state index contributed by atoms with van der Waals surface area (Å²) in [6, 6.07) is 0. The van der Waals surface area contributed by atoms with E-state index in [4.69, 9.17) is 0 Å². The molecule has 1 N–H and O–H groups in total. The zero-order valence-electron chi connectivity index (χ0n) is 18.9. The van der Waals surface area contributed by atoms with Gasteiger partial charge in [0, 0.05) is 13.3 Å². The normalized spacial score (nSPS) is 20.8. The second-order valence-electron chi connectivity index (χ2n) is 8.97. The molecular weight excluding hydrogens is 332 g/mol. The van der Waals surface area contributed by atoms with Crippen molar-refractivity contribution >= 4 is 5.84 Å². The average Bonchev–Trinajstić information content (AvgIpc) is 3.03. The first-order valence-electron chi connectivity index (χ1n) is 12.2. The van der Waals surface area contributed by atoms with Gasteiger partial charge in [-0.2, -0.15) is 0 Å². The summed E-state index contributed by atoms with van der Waals surface area (Å²) < 4.78 is 0.652. The van der Waals surface area contributed by atoms with E-state index in [-0.39, 0.29) is 6.23 Å². The highest BCUT2D eigenvalue weighted by Crippen LogP contribution is 2.20. The van der Waals surface area contributed by atoms with Gasteiger partial charge < -0.3 is 5.11 Å². The molecule has 3 nitrogen and oxygen atoms in total. The quantitative estimate of drug-likeness (QED) is 0.205. The first-order chi connectivity index (χ1) is 13.1. The van der Waals surface area contributed by atoms with E-state index in [1.54, 1.807) is 0 Å². The SMILES string of the molecule is CCCCCCCCCCCCCCCCCCC1=NCC[N+]1(C)C(C)O. The molecule has 0 aromatic carbocycles. The van der Waals surface area contributed by atoms with Gasteiger partial charge in [-0.1, -0.05) is 103 Å². The van der Waals surface area contributed by atoms with Crippen molar-refractivity contribution in [1.82, 2.24) is 0 Å². The molecule has 0 saturated carbocycles. The van der Waals surface area contributed by atoms with Crippen molar-refractivity contribution in [3.63, 3.8) is 0 Å². The van der Waals surface area contributed by atoms with Crippen LogP contribution in [0.1, 0.15) is 123 Å². The third kappa shape index (κ3) is 10.6. The fourth-order valence-electron chi connectivity index (χ4n) is 4.25. The van der Waals surface area contributed by atoms with E-state index in [2.05, 4.69) is 19.0 Å². The Morgan fingerprint density at radius 1 is 0.778 bits per heavy atom. The Bertz CT molecular complexity index is 381. The summed E-state index contributed by atoms with van der Waals surface area (Å²) in [6.45, 7) is 6.04. The van der Waals surface area contributed by atoms with Gasteiger partial charge in [-0.15, -0.1) is 0 Å². The van der Waals surface area contributed by atoms with Crippen molar-refractivity contribution in [1.29, 1.82) is 0 Å². The van der Waals surface area contributed by atoms with Gasteiger partial charge in [0.1, 0.15) is 6.54 Å². The Morgan fingerprint density at radius 2 is 1.19 bits per heavy atom. The molecule has 0 bridgehead atoms. The Hall–Kier alpha value is -0.410. The minimum atomic E-state index is -0.327. The van der Waals surface area contributed by atoms with Crippen molar-refractivity contribution in [2.45, 2.75) is 129 Å². The number of rotatable bonds is 18. The molecular formula is C24H49N2O+. The predicted octanol–water partition coefficient (Wildman–Crippen LogP) is 6.84. The van der Waals surface area contributed by atoms with Crippen LogP contribution in [0, 0.1) is 0 Å². The molecule has 0 spiro atoms. The lowest BCUT2D eigenvalue weighted by Gasteiger charge is -2.32. The molecule has 3 heteroatoms. The molecule has 1 heterocycles. The Balaban J connectivity index is 1.82. The molecule has 1 rings (SSSR count). The second-order valence-corrected chi connectivity index (χ2v) is 8.97. The first-order valence-corrected chi connectivity index (χ1v) is 12.2. The molecule has 1 aliphatic heterocycles. The zero-order chi connectivity index (χ0) is 19.8. The minimum Gasteiger partial charge on any atom is -0.345 e. The van der Waals surface area contributed by atoms with Crippen LogP contribution in [0.3, 0.4) is 0 Å². The van der Waals surface area contributed by atoms with Gasteiger partial charge in [0.15, 0.2) is 12.1 Å². The third-order valence-corrected chi connectivity index (χ3v) is 6.53. The van der Waals surface area contributed by atoms with E-state index in [9.17, 15) is 5.11 Å². The van der Waals surface area contributed by atoms with Crippen LogP contribution >= 0.6 is 0 Å². The number of unbranched alkanes of at least 4 members (excludes halogenated alkanes) is 15. The molecule has 1 aliphatic rings. The van der Waals surface area contributed by atoms with Crippen molar-refractivity contribution < 1.29 is 9.59 Å². The number of quaternary nitrogens is 1. The van der Waals surface area contributed by atoms with Gasteiger partial charge in [0.25, 0.3) is 0 Å². The summed E-state index contributed by atoms with van der Waals surface area (Å²) in [5, 5.41) is 10.0. The Labute approximate surface area is 170 Å². The van der Waals surface area contributed by atoms with E-state index in [1.807, 2.05) is 6.92 Å².